The van der Waals surface area contributed by atoms with Crippen LogP contribution in [0.5, 0.6) is 0 Å². The molecule has 0 saturated heterocycles. The summed E-state index contributed by atoms with van der Waals surface area (Å²) in [4.78, 5) is 28.1. The molecule has 0 atom stereocenters. The first-order chi connectivity index (χ1) is 9.63. The minimum absolute atomic E-state index is 0.104. The smallest absolute Gasteiger partial charge is 0.331 e. The van der Waals surface area contributed by atoms with Crippen molar-refractivity contribution in [1.29, 1.82) is 0 Å². The molecule has 0 aromatic carbocycles. The fraction of sp³-hybridized carbons (Fsp3) is 0.357. The summed E-state index contributed by atoms with van der Waals surface area (Å²) in [6, 6.07) is 3.73. The van der Waals surface area contributed by atoms with Crippen molar-refractivity contribution >= 4 is 5.69 Å². The number of rotatable bonds is 5. The van der Waals surface area contributed by atoms with Gasteiger partial charge in [0.1, 0.15) is 5.69 Å². The van der Waals surface area contributed by atoms with E-state index in [9.17, 15) is 9.59 Å². The van der Waals surface area contributed by atoms with Crippen LogP contribution in [0.3, 0.4) is 0 Å². The molecule has 6 nitrogen and oxygen atoms in total. The summed E-state index contributed by atoms with van der Waals surface area (Å²) in [6.07, 6.45) is 6.20. The van der Waals surface area contributed by atoms with Crippen molar-refractivity contribution in [3.05, 3.63) is 57.1 Å². The van der Waals surface area contributed by atoms with E-state index < -0.39 is 5.56 Å². The zero-order valence-electron chi connectivity index (χ0n) is 11.5. The maximum Gasteiger partial charge on any atom is 0.331 e. The summed E-state index contributed by atoms with van der Waals surface area (Å²) >= 11 is 0. The SMILES string of the molecule is CCCn1cc(N)c(=O)n(CCc2ccncc2)c1=O. The third-order valence-corrected chi connectivity index (χ3v) is 3.10. The van der Waals surface area contributed by atoms with E-state index in [0.717, 1.165) is 12.0 Å². The molecule has 0 bridgehead atoms. The second kappa shape index (κ2) is 6.18. The lowest BCUT2D eigenvalue weighted by Crippen LogP contribution is -2.41. The van der Waals surface area contributed by atoms with E-state index in [4.69, 9.17) is 5.73 Å². The van der Waals surface area contributed by atoms with Crippen LogP contribution in [0.4, 0.5) is 5.69 Å². The van der Waals surface area contributed by atoms with Gasteiger partial charge in [-0.25, -0.2) is 4.79 Å². The van der Waals surface area contributed by atoms with Gasteiger partial charge in [0.2, 0.25) is 0 Å². The van der Waals surface area contributed by atoms with E-state index in [2.05, 4.69) is 4.98 Å². The van der Waals surface area contributed by atoms with Crippen LogP contribution < -0.4 is 17.0 Å². The first-order valence-electron chi connectivity index (χ1n) is 6.62. The normalized spacial score (nSPS) is 10.7. The molecule has 2 aromatic heterocycles. The number of nitrogens with two attached hydrogens (primary N) is 1. The third-order valence-electron chi connectivity index (χ3n) is 3.10. The van der Waals surface area contributed by atoms with Crippen molar-refractivity contribution in [1.82, 2.24) is 14.1 Å². The Balaban J connectivity index is 2.31. The Labute approximate surface area is 116 Å². The summed E-state index contributed by atoms with van der Waals surface area (Å²) in [6.45, 7) is 2.84. The zero-order chi connectivity index (χ0) is 14.5. The lowest BCUT2D eigenvalue weighted by molar-refractivity contribution is 0.548. The first kappa shape index (κ1) is 14.0. The second-order valence-electron chi connectivity index (χ2n) is 4.62. The van der Waals surface area contributed by atoms with E-state index in [0.29, 0.717) is 19.5 Å². The molecule has 2 N–H and O–H groups in total. The minimum atomic E-state index is -0.420. The molecule has 0 aliphatic carbocycles. The van der Waals surface area contributed by atoms with Crippen molar-refractivity contribution in [2.45, 2.75) is 32.9 Å². The maximum atomic E-state index is 12.2. The predicted molar refractivity (Wildman–Crippen MR) is 77.6 cm³/mol. The number of nitrogens with zero attached hydrogens (tertiary/aromatic N) is 3. The highest BCUT2D eigenvalue weighted by atomic mass is 16.2. The molecular weight excluding hydrogens is 256 g/mol. The third kappa shape index (κ3) is 2.96. The Morgan fingerprint density at radius 3 is 2.55 bits per heavy atom. The molecule has 0 aliphatic heterocycles. The molecule has 0 spiro atoms. The highest BCUT2D eigenvalue weighted by Gasteiger charge is 2.08. The van der Waals surface area contributed by atoms with Gasteiger partial charge < -0.3 is 5.73 Å². The molecule has 0 unspecified atom stereocenters. The largest absolute Gasteiger partial charge is 0.393 e. The van der Waals surface area contributed by atoms with Crippen molar-refractivity contribution in [2.24, 2.45) is 0 Å². The van der Waals surface area contributed by atoms with Crippen molar-refractivity contribution in [2.75, 3.05) is 5.73 Å². The van der Waals surface area contributed by atoms with Crippen LogP contribution in [0, 0.1) is 0 Å². The lowest BCUT2D eigenvalue weighted by Gasteiger charge is -2.10. The topological polar surface area (TPSA) is 82.9 Å². The number of nitrogen functional groups attached to an aromatic ring is 1. The average Bonchev–Trinajstić information content (AvgIpc) is 2.46. The Bertz CT molecular complexity index is 689. The Morgan fingerprint density at radius 1 is 1.20 bits per heavy atom. The fourth-order valence-electron chi connectivity index (χ4n) is 2.06. The van der Waals surface area contributed by atoms with E-state index in [1.807, 2.05) is 19.1 Å². The highest BCUT2D eigenvalue weighted by molar-refractivity contribution is 5.31. The standard InChI is InChI=1S/C14H18N4O2/c1-2-8-17-10-12(15)13(19)18(14(17)20)9-5-11-3-6-16-7-4-11/h3-4,6-7,10H,2,5,8-9,15H2,1H3. The summed E-state index contributed by atoms with van der Waals surface area (Å²) in [5, 5.41) is 0. The lowest BCUT2D eigenvalue weighted by atomic mass is 10.2. The molecule has 0 radical (unpaired) electrons. The van der Waals surface area contributed by atoms with E-state index in [1.165, 1.54) is 15.3 Å². The molecule has 20 heavy (non-hydrogen) atoms. The fourth-order valence-corrected chi connectivity index (χ4v) is 2.06. The van der Waals surface area contributed by atoms with Crippen LogP contribution in [-0.4, -0.2) is 14.1 Å². The van der Waals surface area contributed by atoms with Crippen molar-refractivity contribution < 1.29 is 0 Å². The van der Waals surface area contributed by atoms with E-state index >= 15 is 0 Å². The van der Waals surface area contributed by atoms with Gasteiger partial charge in [-0.05, 0) is 30.5 Å². The molecule has 2 heterocycles. The number of pyridine rings is 1. The van der Waals surface area contributed by atoms with Crippen LogP contribution in [0.15, 0.2) is 40.3 Å². The number of aryl methyl sites for hydroxylation is 2. The van der Waals surface area contributed by atoms with Gasteiger partial charge in [0.25, 0.3) is 5.56 Å². The van der Waals surface area contributed by atoms with E-state index in [1.54, 1.807) is 12.4 Å². The Morgan fingerprint density at radius 2 is 1.90 bits per heavy atom. The quantitative estimate of drug-likeness (QED) is 0.867. The van der Waals surface area contributed by atoms with Crippen LogP contribution in [-0.2, 0) is 19.5 Å². The number of anilines is 1. The predicted octanol–water partition coefficient (Wildman–Crippen LogP) is 0.640. The summed E-state index contributed by atoms with van der Waals surface area (Å²) in [7, 11) is 0. The molecule has 0 saturated carbocycles. The highest BCUT2D eigenvalue weighted by Crippen LogP contribution is 1.99. The van der Waals surface area contributed by atoms with Gasteiger partial charge in [-0.2, -0.15) is 0 Å². The maximum absolute atomic E-state index is 12.2. The van der Waals surface area contributed by atoms with Gasteiger partial charge in [-0.3, -0.25) is 18.9 Å². The number of aromatic nitrogens is 3. The van der Waals surface area contributed by atoms with Gasteiger partial charge in [-0.1, -0.05) is 6.92 Å². The Kier molecular flexibility index (Phi) is 4.34. The molecule has 2 aromatic rings. The minimum Gasteiger partial charge on any atom is -0.393 e. The monoisotopic (exact) mass is 274 g/mol. The van der Waals surface area contributed by atoms with Crippen LogP contribution in [0.1, 0.15) is 18.9 Å². The molecule has 2 rings (SSSR count). The molecule has 106 valence electrons. The van der Waals surface area contributed by atoms with Crippen LogP contribution in [0.2, 0.25) is 0 Å². The van der Waals surface area contributed by atoms with Gasteiger partial charge in [0, 0.05) is 31.7 Å². The average molecular weight is 274 g/mol. The Hall–Kier alpha value is -2.37. The molecule has 6 heteroatoms. The van der Waals surface area contributed by atoms with Gasteiger partial charge in [0.15, 0.2) is 0 Å². The number of hydrogen-bond acceptors (Lipinski definition) is 4. The summed E-state index contributed by atoms with van der Waals surface area (Å²) < 4.78 is 2.69. The summed E-state index contributed by atoms with van der Waals surface area (Å²) in [5.74, 6) is 0. The molecular formula is C14H18N4O2. The first-order valence-corrected chi connectivity index (χ1v) is 6.62. The van der Waals surface area contributed by atoms with Gasteiger partial charge in [0.05, 0.1) is 0 Å². The van der Waals surface area contributed by atoms with Crippen molar-refractivity contribution in [3.63, 3.8) is 0 Å². The molecule has 0 aliphatic rings. The molecule has 0 amide bonds. The van der Waals surface area contributed by atoms with Crippen LogP contribution in [0.25, 0.3) is 0 Å². The van der Waals surface area contributed by atoms with Crippen LogP contribution >= 0.6 is 0 Å². The van der Waals surface area contributed by atoms with Gasteiger partial charge >= 0.3 is 5.69 Å². The van der Waals surface area contributed by atoms with Gasteiger partial charge in [-0.15, -0.1) is 0 Å². The zero-order valence-corrected chi connectivity index (χ0v) is 11.5. The molecule has 0 fully saturated rings. The summed E-state index contributed by atoms with van der Waals surface area (Å²) in [5.41, 5.74) is 6.09. The van der Waals surface area contributed by atoms with Crippen molar-refractivity contribution in [3.8, 4) is 0 Å². The van der Waals surface area contributed by atoms with E-state index in [-0.39, 0.29) is 11.4 Å². The second-order valence-corrected chi connectivity index (χ2v) is 4.62. The number of hydrogen-bond donors (Lipinski definition) is 1.